The molecule has 0 aliphatic carbocycles. The molecule has 0 bridgehead atoms. The Hall–Kier alpha value is -1.39. The standard InChI is InChI=1S/C11H11NO2S/c1-14-6-9-7-15-11(12-9)8-3-2-4-10(13)5-8/h2-5,7,13H,6H2,1H3. The maximum atomic E-state index is 9.34. The van der Waals surface area contributed by atoms with Crippen LogP contribution in [-0.4, -0.2) is 17.2 Å². The number of thiazole rings is 1. The van der Waals surface area contributed by atoms with Gasteiger partial charge in [0.15, 0.2) is 0 Å². The first-order valence-electron chi connectivity index (χ1n) is 4.52. The molecule has 15 heavy (non-hydrogen) atoms. The third kappa shape index (κ3) is 2.34. The van der Waals surface area contributed by atoms with Gasteiger partial charge in [0.05, 0.1) is 12.3 Å². The Kier molecular flexibility index (Phi) is 2.99. The van der Waals surface area contributed by atoms with E-state index in [-0.39, 0.29) is 5.75 Å². The second-order valence-corrected chi connectivity index (χ2v) is 3.99. The number of phenols is 1. The molecule has 0 atom stereocenters. The number of rotatable bonds is 3. The number of nitrogens with zero attached hydrogens (tertiary/aromatic N) is 1. The van der Waals surface area contributed by atoms with Gasteiger partial charge in [-0.2, -0.15) is 0 Å². The SMILES string of the molecule is COCc1csc(-c2cccc(O)c2)n1. The summed E-state index contributed by atoms with van der Waals surface area (Å²) in [6.07, 6.45) is 0. The molecule has 78 valence electrons. The number of methoxy groups -OCH3 is 1. The Labute approximate surface area is 92.0 Å². The van der Waals surface area contributed by atoms with Crippen molar-refractivity contribution in [3.05, 3.63) is 35.3 Å². The second-order valence-electron chi connectivity index (χ2n) is 3.13. The fourth-order valence-corrected chi connectivity index (χ4v) is 2.09. The highest BCUT2D eigenvalue weighted by atomic mass is 32.1. The van der Waals surface area contributed by atoms with Gasteiger partial charge in [0.2, 0.25) is 0 Å². The molecular formula is C11H11NO2S. The number of aromatic hydroxyl groups is 1. The third-order valence-corrected chi connectivity index (χ3v) is 2.88. The van der Waals surface area contributed by atoms with E-state index in [4.69, 9.17) is 4.74 Å². The largest absolute Gasteiger partial charge is 0.508 e. The first-order chi connectivity index (χ1) is 7.29. The van der Waals surface area contributed by atoms with E-state index in [1.54, 1.807) is 30.6 Å². The maximum Gasteiger partial charge on any atom is 0.123 e. The first-order valence-corrected chi connectivity index (χ1v) is 5.40. The Morgan fingerprint density at radius 1 is 1.47 bits per heavy atom. The minimum absolute atomic E-state index is 0.260. The molecule has 0 spiro atoms. The highest BCUT2D eigenvalue weighted by Crippen LogP contribution is 2.26. The van der Waals surface area contributed by atoms with Crippen molar-refractivity contribution in [2.75, 3.05) is 7.11 Å². The summed E-state index contributed by atoms with van der Waals surface area (Å²) < 4.78 is 5.00. The molecule has 1 heterocycles. The average Bonchev–Trinajstić information content (AvgIpc) is 2.67. The van der Waals surface area contributed by atoms with E-state index in [0.717, 1.165) is 16.3 Å². The minimum atomic E-state index is 0.260. The molecule has 0 saturated heterocycles. The van der Waals surface area contributed by atoms with Crippen LogP contribution in [0, 0.1) is 0 Å². The van der Waals surface area contributed by atoms with Gasteiger partial charge < -0.3 is 9.84 Å². The Morgan fingerprint density at radius 3 is 3.07 bits per heavy atom. The number of aromatic nitrogens is 1. The van der Waals surface area contributed by atoms with E-state index in [0.29, 0.717) is 6.61 Å². The van der Waals surface area contributed by atoms with Gasteiger partial charge in [-0.1, -0.05) is 12.1 Å². The van der Waals surface area contributed by atoms with Gasteiger partial charge in [-0.15, -0.1) is 11.3 Å². The predicted molar refractivity (Wildman–Crippen MR) is 59.9 cm³/mol. The molecule has 4 heteroatoms. The molecule has 1 aromatic carbocycles. The zero-order valence-electron chi connectivity index (χ0n) is 8.30. The van der Waals surface area contributed by atoms with Gasteiger partial charge in [-0.05, 0) is 12.1 Å². The lowest BCUT2D eigenvalue weighted by molar-refractivity contribution is 0.182. The van der Waals surface area contributed by atoms with Gasteiger partial charge in [0, 0.05) is 18.1 Å². The summed E-state index contributed by atoms with van der Waals surface area (Å²) in [5.41, 5.74) is 1.85. The highest BCUT2D eigenvalue weighted by Gasteiger charge is 2.04. The van der Waals surface area contributed by atoms with Crippen LogP contribution in [0.15, 0.2) is 29.6 Å². The summed E-state index contributed by atoms with van der Waals surface area (Å²) in [6, 6.07) is 7.08. The lowest BCUT2D eigenvalue weighted by Crippen LogP contribution is -1.86. The van der Waals surface area contributed by atoms with Crippen LogP contribution in [0.3, 0.4) is 0 Å². The molecule has 0 aliphatic heterocycles. The average molecular weight is 221 g/mol. The molecule has 1 N–H and O–H groups in total. The number of phenolic OH excluding ortho intramolecular Hbond substituents is 1. The number of hydrogen-bond acceptors (Lipinski definition) is 4. The van der Waals surface area contributed by atoms with Crippen molar-refractivity contribution in [2.24, 2.45) is 0 Å². The van der Waals surface area contributed by atoms with Crippen LogP contribution in [0.1, 0.15) is 5.69 Å². The summed E-state index contributed by atoms with van der Waals surface area (Å²) in [6.45, 7) is 0.523. The molecule has 0 unspecified atom stereocenters. The third-order valence-electron chi connectivity index (χ3n) is 1.94. The normalized spacial score (nSPS) is 10.5. The predicted octanol–water partition coefficient (Wildman–Crippen LogP) is 2.66. The van der Waals surface area contributed by atoms with Crippen molar-refractivity contribution in [2.45, 2.75) is 6.61 Å². The highest BCUT2D eigenvalue weighted by molar-refractivity contribution is 7.13. The van der Waals surface area contributed by atoms with Crippen molar-refractivity contribution in [1.82, 2.24) is 4.98 Å². The molecule has 0 aliphatic rings. The van der Waals surface area contributed by atoms with Crippen LogP contribution in [0.4, 0.5) is 0 Å². The monoisotopic (exact) mass is 221 g/mol. The lowest BCUT2D eigenvalue weighted by atomic mass is 10.2. The van der Waals surface area contributed by atoms with Crippen LogP contribution in [-0.2, 0) is 11.3 Å². The summed E-state index contributed by atoms with van der Waals surface area (Å²) >= 11 is 1.55. The van der Waals surface area contributed by atoms with Gasteiger partial charge in [0.25, 0.3) is 0 Å². The zero-order chi connectivity index (χ0) is 10.7. The van der Waals surface area contributed by atoms with Crippen molar-refractivity contribution >= 4 is 11.3 Å². The summed E-state index contributed by atoms with van der Waals surface area (Å²) in [5, 5.41) is 12.2. The molecule has 1 aromatic heterocycles. The van der Waals surface area contributed by atoms with Gasteiger partial charge in [-0.3, -0.25) is 0 Å². The van der Waals surface area contributed by atoms with Gasteiger partial charge in [0.1, 0.15) is 10.8 Å². The maximum absolute atomic E-state index is 9.34. The zero-order valence-corrected chi connectivity index (χ0v) is 9.12. The van der Waals surface area contributed by atoms with Crippen molar-refractivity contribution in [3.8, 4) is 16.3 Å². The summed E-state index contributed by atoms with van der Waals surface area (Å²) in [5.74, 6) is 0.260. The fraction of sp³-hybridized carbons (Fsp3) is 0.182. The summed E-state index contributed by atoms with van der Waals surface area (Å²) in [7, 11) is 1.65. The van der Waals surface area contributed by atoms with Gasteiger partial charge >= 0.3 is 0 Å². The van der Waals surface area contributed by atoms with Crippen molar-refractivity contribution in [1.29, 1.82) is 0 Å². The smallest absolute Gasteiger partial charge is 0.123 e. The van der Waals surface area contributed by atoms with Crippen molar-refractivity contribution in [3.63, 3.8) is 0 Å². The van der Waals surface area contributed by atoms with Crippen LogP contribution in [0.5, 0.6) is 5.75 Å². The fourth-order valence-electron chi connectivity index (χ4n) is 1.29. The van der Waals surface area contributed by atoms with E-state index in [1.807, 2.05) is 17.5 Å². The van der Waals surface area contributed by atoms with Gasteiger partial charge in [-0.25, -0.2) is 4.98 Å². The van der Waals surface area contributed by atoms with E-state index < -0.39 is 0 Å². The van der Waals surface area contributed by atoms with Crippen LogP contribution in [0.2, 0.25) is 0 Å². The number of ether oxygens (including phenoxy) is 1. The van der Waals surface area contributed by atoms with Crippen molar-refractivity contribution < 1.29 is 9.84 Å². The molecule has 2 rings (SSSR count). The molecule has 0 amide bonds. The molecule has 0 fully saturated rings. The first kappa shape index (κ1) is 10.1. The van der Waals surface area contributed by atoms with Crippen LogP contribution in [0.25, 0.3) is 10.6 Å². The van der Waals surface area contributed by atoms with E-state index >= 15 is 0 Å². The molecular weight excluding hydrogens is 210 g/mol. The topological polar surface area (TPSA) is 42.4 Å². The lowest BCUT2D eigenvalue weighted by Gasteiger charge is -1.96. The van der Waals surface area contributed by atoms with Crippen LogP contribution < -0.4 is 0 Å². The van der Waals surface area contributed by atoms with E-state index in [9.17, 15) is 5.11 Å². The molecule has 0 saturated carbocycles. The minimum Gasteiger partial charge on any atom is -0.508 e. The quantitative estimate of drug-likeness (QED) is 0.866. The number of hydrogen-bond donors (Lipinski definition) is 1. The summed E-state index contributed by atoms with van der Waals surface area (Å²) in [4.78, 5) is 4.39. The Balaban J connectivity index is 2.29. The molecule has 0 radical (unpaired) electrons. The number of benzene rings is 1. The Bertz CT molecular complexity index is 453. The van der Waals surface area contributed by atoms with E-state index in [2.05, 4.69) is 4.98 Å². The second kappa shape index (κ2) is 4.42. The Morgan fingerprint density at radius 2 is 2.33 bits per heavy atom. The molecule has 2 aromatic rings. The van der Waals surface area contributed by atoms with Crippen LogP contribution >= 0.6 is 11.3 Å². The van der Waals surface area contributed by atoms with E-state index in [1.165, 1.54) is 0 Å². The molecule has 3 nitrogen and oxygen atoms in total.